The quantitative estimate of drug-likeness (QED) is 0.779. The van der Waals surface area contributed by atoms with Crippen molar-refractivity contribution in [1.29, 1.82) is 0 Å². The molecule has 0 aliphatic carbocycles. The molecule has 0 atom stereocenters. The van der Waals surface area contributed by atoms with Gasteiger partial charge in [-0.3, -0.25) is 9.69 Å². The molecular formula is C11H14BrNO3S2. The van der Waals surface area contributed by atoms with E-state index in [-0.39, 0.29) is 17.3 Å². The number of carbonyl (C=O) groups is 1. The highest BCUT2D eigenvalue weighted by molar-refractivity contribution is 9.11. The Hall–Kier alpha value is -0.240. The maximum absolute atomic E-state index is 12.0. The maximum atomic E-state index is 12.0. The molecule has 1 aromatic heterocycles. The van der Waals surface area contributed by atoms with Crippen LogP contribution in [0, 0.1) is 0 Å². The van der Waals surface area contributed by atoms with E-state index in [0.717, 1.165) is 3.79 Å². The third kappa shape index (κ3) is 3.88. The largest absolute Gasteiger partial charge is 0.295 e. The van der Waals surface area contributed by atoms with Crippen LogP contribution in [0.25, 0.3) is 0 Å². The van der Waals surface area contributed by atoms with Crippen LogP contribution in [0.5, 0.6) is 0 Å². The Morgan fingerprint density at radius 2 is 2.11 bits per heavy atom. The van der Waals surface area contributed by atoms with Crippen LogP contribution in [0.2, 0.25) is 0 Å². The molecule has 100 valence electrons. The first kappa shape index (κ1) is 14.2. The number of rotatable bonds is 3. The topological polar surface area (TPSA) is 54.5 Å². The number of carbonyl (C=O) groups excluding carboxylic acids is 1. The normalized spacial score (nSPS) is 20.5. The van der Waals surface area contributed by atoms with E-state index in [4.69, 9.17) is 0 Å². The van der Waals surface area contributed by atoms with Crippen molar-refractivity contribution in [2.24, 2.45) is 0 Å². The summed E-state index contributed by atoms with van der Waals surface area (Å²) in [6, 6.07) is 3.65. The second-order valence-electron chi connectivity index (χ2n) is 4.31. The summed E-state index contributed by atoms with van der Waals surface area (Å²) in [5, 5.41) is 0. The number of Topliss-reactive ketones (excluding diaryl/α,β-unsaturated/α-hetero) is 1. The van der Waals surface area contributed by atoms with E-state index < -0.39 is 9.84 Å². The zero-order valence-electron chi connectivity index (χ0n) is 9.76. The van der Waals surface area contributed by atoms with E-state index >= 15 is 0 Å². The molecule has 7 heteroatoms. The third-order valence-corrected chi connectivity index (χ3v) is 6.24. The lowest BCUT2D eigenvalue weighted by Crippen LogP contribution is -2.32. The average molecular weight is 352 g/mol. The number of hydrogen-bond donors (Lipinski definition) is 0. The van der Waals surface area contributed by atoms with Crippen LogP contribution in [-0.4, -0.2) is 50.2 Å². The van der Waals surface area contributed by atoms with Gasteiger partial charge in [0, 0.05) is 6.54 Å². The molecule has 0 spiro atoms. The van der Waals surface area contributed by atoms with Crippen LogP contribution < -0.4 is 0 Å². The summed E-state index contributed by atoms with van der Waals surface area (Å²) in [6.07, 6.45) is 0.615. The first-order valence-electron chi connectivity index (χ1n) is 5.67. The Kier molecular flexibility index (Phi) is 4.58. The molecule has 1 aliphatic heterocycles. The summed E-state index contributed by atoms with van der Waals surface area (Å²) < 4.78 is 23.9. The van der Waals surface area contributed by atoms with Gasteiger partial charge in [0.15, 0.2) is 15.6 Å². The van der Waals surface area contributed by atoms with Crippen molar-refractivity contribution >= 4 is 42.9 Å². The Labute approximate surface area is 119 Å². The first-order valence-corrected chi connectivity index (χ1v) is 9.11. The minimum atomic E-state index is -2.91. The Morgan fingerprint density at radius 1 is 1.33 bits per heavy atom. The van der Waals surface area contributed by atoms with Gasteiger partial charge in [0.05, 0.1) is 26.7 Å². The number of sulfone groups is 1. The summed E-state index contributed by atoms with van der Waals surface area (Å²) in [6.45, 7) is 1.45. The van der Waals surface area contributed by atoms with Gasteiger partial charge >= 0.3 is 0 Å². The summed E-state index contributed by atoms with van der Waals surface area (Å²) >= 11 is 4.74. The van der Waals surface area contributed by atoms with Gasteiger partial charge in [-0.25, -0.2) is 8.42 Å². The fraction of sp³-hybridized carbons (Fsp3) is 0.545. The van der Waals surface area contributed by atoms with Gasteiger partial charge < -0.3 is 0 Å². The van der Waals surface area contributed by atoms with Gasteiger partial charge in [0.1, 0.15) is 0 Å². The molecule has 0 radical (unpaired) electrons. The molecule has 0 N–H and O–H groups in total. The van der Waals surface area contributed by atoms with E-state index in [0.29, 0.717) is 30.9 Å². The minimum absolute atomic E-state index is 0.0602. The van der Waals surface area contributed by atoms with E-state index in [1.165, 1.54) is 11.3 Å². The van der Waals surface area contributed by atoms with Crippen LogP contribution in [0.4, 0.5) is 0 Å². The zero-order valence-corrected chi connectivity index (χ0v) is 13.0. The predicted molar refractivity (Wildman–Crippen MR) is 76.1 cm³/mol. The second kappa shape index (κ2) is 5.81. The molecule has 2 heterocycles. The summed E-state index contributed by atoms with van der Waals surface area (Å²) in [4.78, 5) is 14.6. The molecule has 0 bridgehead atoms. The summed E-state index contributed by atoms with van der Waals surface area (Å²) in [7, 11) is -2.91. The predicted octanol–water partition coefficient (Wildman–Crippen LogP) is 1.81. The number of hydrogen-bond acceptors (Lipinski definition) is 5. The van der Waals surface area contributed by atoms with Crippen molar-refractivity contribution in [1.82, 2.24) is 4.90 Å². The molecule has 4 nitrogen and oxygen atoms in total. The zero-order chi connectivity index (χ0) is 13.2. The monoisotopic (exact) mass is 351 g/mol. The first-order chi connectivity index (χ1) is 8.46. The average Bonchev–Trinajstić information content (AvgIpc) is 2.65. The van der Waals surface area contributed by atoms with Gasteiger partial charge in [-0.2, -0.15) is 0 Å². The fourth-order valence-electron chi connectivity index (χ4n) is 1.89. The number of thiophene rings is 1. The van der Waals surface area contributed by atoms with Crippen LogP contribution in [-0.2, 0) is 9.84 Å². The van der Waals surface area contributed by atoms with Crippen molar-refractivity contribution in [3.63, 3.8) is 0 Å². The van der Waals surface area contributed by atoms with Crippen LogP contribution in [0.1, 0.15) is 16.1 Å². The number of nitrogens with zero attached hydrogens (tertiary/aromatic N) is 1. The summed E-state index contributed by atoms with van der Waals surface area (Å²) in [5.41, 5.74) is 0. The smallest absolute Gasteiger partial charge is 0.186 e. The molecule has 1 aliphatic rings. The van der Waals surface area contributed by atoms with Crippen LogP contribution in [0.3, 0.4) is 0 Å². The van der Waals surface area contributed by atoms with Crippen molar-refractivity contribution < 1.29 is 13.2 Å². The lowest BCUT2D eigenvalue weighted by Gasteiger charge is -2.17. The van der Waals surface area contributed by atoms with Crippen molar-refractivity contribution in [2.75, 3.05) is 31.1 Å². The second-order valence-corrected chi connectivity index (χ2v) is 9.08. The summed E-state index contributed by atoms with van der Waals surface area (Å²) in [5.74, 6) is 0.460. The molecular weight excluding hydrogens is 338 g/mol. The Morgan fingerprint density at radius 3 is 2.78 bits per heavy atom. The highest BCUT2D eigenvalue weighted by Crippen LogP contribution is 2.22. The molecule has 18 heavy (non-hydrogen) atoms. The molecule has 0 unspecified atom stereocenters. The van der Waals surface area contributed by atoms with E-state index in [9.17, 15) is 13.2 Å². The van der Waals surface area contributed by atoms with E-state index in [2.05, 4.69) is 15.9 Å². The van der Waals surface area contributed by atoms with Gasteiger partial charge in [0.2, 0.25) is 0 Å². The number of ketones is 1. The molecule has 0 aromatic carbocycles. The maximum Gasteiger partial charge on any atom is 0.186 e. The number of halogens is 1. The van der Waals surface area contributed by atoms with Gasteiger partial charge in [-0.1, -0.05) is 0 Å². The van der Waals surface area contributed by atoms with Gasteiger partial charge in [0.25, 0.3) is 0 Å². The SMILES string of the molecule is O=C(CN1CCCS(=O)(=O)CC1)c1ccc(Br)s1. The third-order valence-electron chi connectivity index (χ3n) is 2.86. The van der Waals surface area contributed by atoms with Crippen molar-refractivity contribution in [3.8, 4) is 0 Å². The molecule has 1 saturated heterocycles. The molecule has 0 amide bonds. The van der Waals surface area contributed by atoms with Crippen LogP contribution >= 0.6 is 27.3 Å². The van der Waals surface area contributed by atoms with Gasteiger partial charge in [-0.15, -0.1) is 11.3 Å². The molecule has 0 saturated carbocycles. The van der Waals surface area contributed by atoms with E-state index in [1.807, 2.05) is 11.0 Å². The Bertz CT molecular complexity index is 538. The molecule has 1 fully saturated rings. The molecule has 2 rings (SSSR count). The minimum Gasteiger partial charge on any atom is -0.295 e. The van der Waals surface area contributed by atoms with Gasteiger partial charge in [-0.05, 0) is 41.0 Å². The lowest BCUT2D eigenvalue weighted by molar-refractivity contribution is 0.0939. The van der Waals surface area contributed by atoms with Crippen molar-refractivity contribution in [2.45, 2.75) is 6.42 Å². The van der Waals surface area contributed by atoms with E-state index in [1.54, 1.807) is 6.07 Å². The fourth-order valence-corrected chi connectivity index (χ4v) is 4.52. The van der Waals surface area contributed by atoms with Crippen LogP contribution in [0.15, 0.2) is 15.9 Å². The highest BCUT2D eigenvalue weighted by Gasteiger charge is 2.21. The highest BCUT2D eigenvalue weighted by atomic mass is 79.9. The standard InChI is InChI=1S/C11H14BrNO3S2/c12-11-3-2-10(17-11)9(14)8-13-4-1-6-18(15,16)7-5-13/h2-3H,1,4-8H2. The molecule has 1 aromatic rings. The lowest BCUT2D eigenvalue weighted by atomic mass is 10.3. The Balaban J connectivity index is 1.95. The van der Waals surface area contributed by atoms with Crippen molar-refractivity contribution in [3.05, 3.63) is 20.8 Å².